The smallest absolute Gasteiger partial charge is 0.147 e. The van der Waals surface area contributed by atoms with Crippen LogP contribution in [0.2, 0.25) is 0 Å². The van der Waals surface area contributed by atoms with Gasteiger partial charge in [-0.05, 0) is 74.1 Å². The van der Waals surface area contributed by atoms with Gasteiger partial charge in [-0.25, -0.2) is 0 Å². The fourth-order valence-corrected chi connectivity index (χ4v) is 9.09. The molecule has 11 aromatic rings. The molecule has 3 aromatic heterocycles. The van der Waals surface area contributed by atoms with Crippen molar-refractivity contribution in [3.63, 3.8) is 0 Å². The number of para-hydroxylation sites is 1. The molecule has 0 radical (unpaired) electrons. The SMILES string of the molecule is c1ccc(-c2cc3c(cc(-c4c5ccccc5c(-c5ccc6c(c5)sc5ccccc56)c5ccccc45)c4c5ccccc5oc34)o2)cc1. The maximum absolute atomic E-state index is 6.70. The van der Waals surface area contributed by atoms with Gasteiger partial charge in [0.05, 0.1) is 5.39 Å². The van der Waals surface area contributed by atoms with Crippen LogP contribution in [-0.4, -0.2) is 0 Å². The van der Waals surface area contributed by atoms with Crippen molar-refractivity contribution < 1.29 is 8.83 Å². The Morgan fingerprint density at radius 3 is 1.73 bits per heavy atom. The third-order valence-corrected chi connectivity index (χ3v) is 11.2. The monoisotopic (exact) mass is 642 g/mol. The molecule has 3 heteroatoms. The van der Waals surface area contributed by atoms with Crippen LogP contribution < -0.4 is 0 Å². The summed E-state index contributed by atoms with van der Waals surface area (Å²) in [5.41, 5.74) is 8.36. The largest absolute Gasteiger partial charge is 0.456 e. The Morgan fingerprint density at radius 1 is 0.367 bits per heavy atom. The van der Waals surface area contributed by atoms with E-state index in [-0.39, 0.29) is 0 Å². The van der Waals surface area contributed by atoms with Gasteiger partial charge in [-0.15, -0.1) is 11.3 Å². The molecule has 0 atom stereocenters. The van der Waals surface area contributed by atoms with Crippen LogP contribution in [0.1, 0.15) is 0 Å². The fraction of sp³-hybridized carbons (Fsp3) is 0. The number of fused-ring (bicyclic) bond motifs is 10. The summed E-state index contributed by atoms with van der Waals surface area (Å²) in [5.74, 6) is 0.830. The number of hydrogen-bond donors (Lipinski definition) is 0. The van der Waals surface area contributed by atoms with Crippen LogP contribution >= 0.6 is 11.3 Å². The van der Waals surface area contributed by atoms with Gasteiger partial charge in [0, 0.05) is 36.5 Å². The molecule has 0 aliphatic rings. The van der Waals surface area contributed by atoms with E-state index < -0.39 is 0 Å². The summed E-state index contributed by atoms with van der Waals surface area (Å²) in [6.07, 6.45) is 0. The van der Waals surface area contributed by atoms with E-state index in [9.17, 15) is 0 Å². The van der Waals surface area contributed by atoms with Crippen LogP contribution in [0.25, 0.3) is 108 Å². The summed E-state index contributed by atoms with van der Waals surface area (Å²) in [4.78, 5) is 0. The summed E-state index contributed by atoms with van der Waals surface area (Å²) in [6.45, 7) is 0. The third kappa shape index (κ3) is 3.88. The molecule has 0 bridgehead atoms. The van der Waals surface area contributed by atoms with Crippen molar-refractivity contribution in [2.75, 3.05) is 0 Å². The Labute approximate surface area is 285 Å². The minimum Gasteiger partial charge on any atom is -0.456 e. The second-order valence-corrected chi connectivity index (χ2v) is 13.8. The number of thiophene rings is 1. The number of hydrogen-bond acceptors (Lipinski definition) is 3. The predicted octanol–water partition coefficient (Wildman–Crippen LogP) is 14.0. The topological polar surface area (TPSA) is 26.3 Å². The normalized spacial score (nSPS) is 12.1. The molecule has 0 spiro atoms. The fourth-order valence-electron chi connectivity index (χ4n) is 7.95. The first-order chi connectivity index (χ1) is 24.3. The van der Waals surface area contributed by atoms with Crippen molar-refractivity contribution in [3.05, 3.63) is 158 Å². The molecular weight excluding hydrogens is 617 g/mol. The van der Waals surface area contributed by atoms with Gasteiger partial charge in [0.15, 0.2) is 0 Å². The average Bonchev–Trinajstić information content (AvgIpc) is 3.87. The van der Waals surface area contributed by atoms with Gasteiger partial charge in [-0.3, -0.25) is 0 Å². The van der Waals surface area contributed by atoms with E-state index >= 15 is 0 Å². The Kier molecular flexibility index (Phi) is 5.57. The van der Waals surface area contributed by atoms with Crippen LogP contribution in [0.4, 0.5) is 0 Å². The maximum atomic E-state index is 6.70. The first-order valence-corrected chi connectivity index (χ1v) is 17.4. The van der Waals surface area contributed by atoms with Crippen LogP contribution in [0, 0.1) is 0 Å². The zero-order valence-electron chi connectivity index (χ0n) is 26.2. The summed E-state index contributed by atoms with van der Waals surface area (Å²) in [7, 11) is 0. The Balaban J connectivity index is 1.26. The van der Waals surface area contributed by atoms with Crippen molar-refractivity contribution >= 4 is 86.0 Å². The van der Waals surface area contributed by atoms with E-state index in [1.165, 1.54) is 58.4 Å². The van der Waals surface area contributed by atoms with Crippen molar-refractivity contribution in [1.29, 1.82) is 0 Å². The lowest BCUT2D eigenvalue weighted by Crippen LogP contribution is -1.91. The van der Waals surface area contributed by atoms with E-state index in [2.05, 4.69) is 133 Å². The van der Waals surface area contributed by atoms with E-state index in [0.717, 1.165) is 49.8 Å². The predicted molar refractivity (Wildman–Crippen MR) is 208 cm³/mol. The quantitative estimate of drug-likeness (QED) is 0.179. The van der Waals surface area contributed by atoms with Gasteiger partial charge in [0.2, 0.25) is 0 Å². The van der Waals surface area contributed by atoms with E-state index in [1.807, 2.05) is 35.6 Å². The zero-order chi connectivity index (χ0) is 32.1. The Morgan fingerprint density at radius 2 is 0.980 bits per heavy atom. The molecule has 0 N–H and O–H groups in total. The standard InChI is InChI=1S/C46H26O2S/c1-2-12-27(13-3-1)39-25-36-40(47-39)26-37(45-35-19-8-10-20-38(35)48-46(36)45)44-33-17-6-4-15-31(33)43(32-16-5-7-18-34(32)44)28-22-23-30-29-14-9-11-21-41(29)49-42(30)24-28/h1-26H. The van der Waals surface area contributed by atoms with E-state index in [4.69, 9.17) is 8.83 Å². The lowest BCUT2D eigenvalue weighted by molar-refractivity contribution is 0.631. The summed E-state index contributed by atoms with van der Waals surface area (Å²) >= 11 is 1.87. The Hall–Kier alpha value is -6.16. The first kappa shape index (κ1) is 26.9. The molecule has 0 fully saturated rings. The summed E-state index contributed by atoms with van der Waals surface area (Å²) < 4.78 is 16.0. The van der Waals surface area contributed by atoms with Gasteiger partial charge >= 0.3 is 0 Å². The number of benzene rings is 8. The molecule has 0 aliphatic heterocycles. The molecule has 228 valence electrons. The van der Waals surface area contributed by atoms with Gasteiger partial charge < -0.3 is 8.83 Å². The van der Waals surface area contributed by atoms with Gasteiger partial charge in [0.25, 0.3) is 0 Å². The van der Waals surface area contributed by atoms with Gasteiger partial charge in [-0.1, -0.05) is 127 Å². The number of rotatable bonds is 3. The van der Waals surface area contributed by atoms with Crippen LogP contribution in [-0.2, 0) is 0 Å². The highest BCUT2D eigenvalue weighted by Crippen LogP contribution is 2.50. The summed E-state index contributed by atoms with van der Waals surface area (Å²) in [5, 5.41) is 10.7. The second kappa shape index (κ2) is 10.2. The molecule has 8 aromatic carbocycles. The molecule has 0 saturated carbocycles. The van der Waals surface area contributed by atoms with Crippen molar-refractivity contribution in [3.8, 4) is 33.6 Å². The molecule has 3 heterocycles. The molecule has 11 rings (SSSR count). The number of furan rings is 2. The lowest BCUT2D eigenvalue weighted by atomic mass is 9.84. The highest BCUT2D eigenvalue weighted by molar-refractivity contribution is 7.25. The molecule has 0 saturated heterocycles. The first-order valence-electron chi connectivity index (χ1n) is 16.6. The van der Waals surface area contributed by atoms with Crippen LogP contribution in [0.3, 0.4) is 0 Å². The molecule has 2 nitrogen and oxygen atoms in total. The minimum absolute atomic E-state index is 0.813. The second-order valence-electron chi connectivity index (χ2n) is 12.8. The molecular formula is C46H26O2S. The lowest BCUT2D eigenvalue weighted by Gasteiger charge is -2.18. The highest BCUT2D eigenvalue weighted by atomic mass is 32.1. The zero-order valence-corrected chi connectivity index (χ0v) is 27.1. The van der Waals surface area contributed by atoms with Crippen LogP contribution in [0.5, 0.6) is 0 Å². The Bertz CT molecular complexity index is 3050. The molecule has 0 aliphatic carbocycles. The van der Waals surface area contributed by atoms with Gasteiger partial charge in [-0.2, -0.15) is 0 Å². The van der Waals surface area contributed by atoms with Crippen molar-refractivity contribution in [2.45, 2.75) is 0 Å². The van der Waals surface area contributed by atoms with E-state index in [0.29, 0.717) is 0 Å². The van der Waals surface area contributed by atoms with Crippen molar-refractivity contribution in [2.24, 2.45) is 0 Å². The van der Waals surface area contributed by atoms with Gasteiger partial charge in [0.1, 0.15) is 22.5 Å². The maximum Gasteiger partial charge on any atom is 0.147 e. The highest BCUT2D eigenvalue weighted by Gasteiger charge is 2.24. The molecule has 49 heavy (non-hydrogen) atoms. The molecule has 0 amide bonds. The van der Waals surface area contributed by atoms with E-state index in [1.54, 1.807) is 0 Å². The van der Waals surface area contributed by atoms with Crippen molar-refractivity contribution in [1.82, 2.24) is 0 Å². The van der Waals surface area contributed by atoms with Crippen LogP contribution in [0.15, 0.2) is 167 Å². The average molecular weight is 643 g/mol. The summed E-state index contributed by atoms with van der Waals surface area (Å²) in [6, 6.07) is 56.5. The molecule has 0 unspecified atom stereocenters. The third-order valence-electron chi connectivity index (χ3n) is 10.1. The minimum atomic E-state index is 0.813.